The number of hydrogen-bond donors (Lipinski definition) is 1. The van der Waals surface area contributed by atoms with Crippen LogP contribution in [0.2, 0.25) is 0 Å². The van der Waals surface area contributed by atoms with Gasteiger partial charge in [-0.2, -0.15) is 8.42 Å². The fourth-order valence-corrected chi connectivity index (χ4v) is 4.65. The Hall–Kier alpha value is -1.84. The third kappa shape index (κ3) is 2.62. The van der Waals surface area contributed by atoms with Crippen LogP contribution in [0.15, 0.2) is 47.0 Å². The van der Waals surface area contributed by atoms with E-state index < -0.39 is 21.5 Å². The number of carboxylic acids is 1. The normalized spacial score (nSPS) is 24.3. The predicted octanol–water partition coefficient (Wildman–Crippen LogP) is 0.992. The summed E-state index contributed by atoms with van der Waals surface area (Å²) in [5, 5.41) is 8.91. The summed E-state index contributed by atoms with van der Waals surface area (Å²) < 4.78 is 29.5. The van der Waals surface area contributed by atoms with Crippen molar-refractivity contribution < 1.29 is 27.3 Å². The van der Waals surface area contributed by atoms with E-state index in [1.807, 2.05) is 0 Å². The first-order valence-electron chi connectivity index (χ1n) is 6.28. The van der Waals surface area contributed by atoms with E-state index in [0.717, 1.165) is 18.0 Å². The third-order valence-electron chi connectivity index (χ3n) is 3.25. The highest BCUT2D eigenvalue weighted by Gasteiger charge is 2.45. The Labute approximate surface area is 130 Å². The van der Waals surface area contributed by atoms with Crippen molar-refractivity contribution in [2.45, 2.75) is 22.1 Å². The van der Waals surface area contributed by atoms with E-state index in [4.69, 9.17) is 4.18 Å². The number of benzene rings is 1. The zero-order valence-electron chi connectivity index (χ0n) is 11.1. The van der Waals surface area contributed by atoms with Crippen LogP contribution >= 0.6 is 11.8 Å². The maximum Gasteiger partial charge on any atom is 0.336 e. The Bertz CT molecular complexity index is 758. The van der Waals surface area contributed by atoms with Gasteiger partial charge in [0.1, 0.15) is 0 Å². The number of carbonyl (C=O) groups is 2. The monoisotopic (exact) mass is 341 g/mol. The summed E-state index contributed by atoms with van der Waals surface area (Å²) in [7, 11) is -4.09. The molecule has 3 rings (SSSR count). The van der Waals surface area contributed by atoms with Crippen molar-refractivity contribution in [3.05, 3.63) is 42.1 Å². The van der Waals surface area contributed by atoms with Gasteiger partial charge in [0, 0.05) is 6.20 Å². The van der Waals surface area contributed by atoms with Gasteiger partial charge in [0.15, 0.2) is 5.44 Å². The topological polar surface area (TPSA) is 101 Å². The first-order valence-corrected chi connectivity index (χ1v) is 8.63. The second kappa shape index (κ2) is 5.41. The molecule has 0 aliphatic carbocycles. The van der Waals surface area contributed by atoms with E-state index in [0.29, 0.717) is 0 Å². The van der Waals surface area contributed by atoms with E-state index in [9.17, 15) is 23.1 Å². The quantitative estimate of drug-likeness (QED) is 0.644. The molecule has 0 bridgehead atoms. The number of thioether (sulfide) groups is 1. The van der Waals surface area contributed by atoms with Crippen LogP contribution in [0.25, 0.3) is 0 Å². The molecule has 2 atom stereocenters. The highest BCUT2D eigenvalue weighted by atomic mass is 32.2. The molecular formula is C13H11NO6S2. The number of nitrogens with zero attached hydrogens (tertiary/aromatic N) is 1. The summed E-state index contributed by atoms with van der Waals surface area (Å²) in [6.07, 6.45) is 1.39. The molecule has 0 spiro atoms. The Morgan fingerprint density at radius 2 is 2.00 bits per heavy atom. The first-order chi connectivity index (χ1) is 10.4. The lowest BCUT2D eigenvalue weighted by Gasteiger charge is -2.42. The smallest absolute Gasteiger partial charge is 0.336 e. The molecule has 9 heteroatoms. The molecule has 1 amide bonds. The van der Waals surface area contributed by atoms with Crippen molar-refractivity contribution in [1.29, 1.82) is 0 Å². The van der Waals surface area contributed by atoms with Crippen molar-refractivity contribution in [2.75, 3.05) is 0 Å². The lowest BCUT2D eigenvalue weighted by atomic mass is 10.2. The minimum Gasteiger partial charge on any atom is -0.478 e. The molecule has 2 aliphatic rings. The molecule has 1 aromatic carbocycles. The first kappa shape index (κ1) is 15.1. The maximum atomic E-state index is 12.2. The molecule has 2 aliphatic heterocycles. The molecule has 0 aromatic heterocycles. The molecule has 1 saturated heterocycles. The van der Waals surface area contributed by atoms with Crippen LogP contribution in [-0.4, -0.2) is 41.1 Å². The summed E-state index contributed by atoms with van der Waals surface area (Å²) in [6.45, 7) is 0. The number of β-lactam (4-membered cyclic amide) rings is 1. The number of carboxylic acid groups (broad SMARTS) is 1. The molecular weight excluding hydrogens is 330 g/mol. The van der Waals surface area contributed by atoms with Gasteiger partial charge in [-0.15, -0.1) is 0 Å². The van der Waals surface area contributed by atoms with Gasteiger partial charge in [-0.1, -0.05) is 30.0 Å². The van der Waals surface area contributed by atoms with E-state index in [1.54, 1.807) is 18.2 Å². The number of fused-ring (bicyclic) bond motifs is 1. The van der Waals surface area contributed by atoms with Gasteiger partial charge in [0.05, 0.1) is 22.3 Å². The van der Waals surface area contributed by atoms with Gasteiger partial charge in [-0.25, -0.2) is 8.98 Å². The number of rotatable bonds is 4. The van der Waals surface area contributed by atoms with Crippen LogP contribution < -0.4 is 0 Å². The molecule has 1 aromatic rings. The van der Waals surface area contributed by atoms with E-state index >= 15 is 0 Å². The average molecular weight is 341 g/mol. The minimum atomic E-state index is -4.09. The summed E-state index contributed by atoms with van der Waals surface area (Å²) in [6, 6.07) is 7.49. The number of amides is 1. The fourth-order valence-electron chi connectivity index (χ4n) is 2.09. The number of aliphatic carboxylic acids is 1. The van der Waals surface area contributed by atoms with Gasteiger partial charge in [-0.3, -0.25) is 4.79 Å². The average Bonchev–Trinajstić information content (AvgIpc) is 2.46. The van der Waals surface area contributed by atoms with Crippen molar-refractivity contribution in [3.63, 3.8) is 0 Å². The number of carbonyl (C=O) groups excluding carboxylic acids is 1. The van der Waals surface area contributed by atoms with Crippen LogP contribution in [0.4, 0.5) is 0 Å². The third-order valence-corrected chi connectivity index (χ3v) is 5.98. The van der Waals surface area contributed by atoms with Gasteiger partial charge >= 0.3 is 5.97 Å². The van der Waals surface area contributed by atoms with Crippen LogP contribution in [-0.2, 0) is 23.9 Å². The Morgan fingerprint density at radius 3 is 2.59 bits per heavy atom. The molecule has 7 nitrogen and oxygen atoms in total. The van der Waals surface area contributed by atoms with Crippen LogP contribution in [0.3, 0.4) is 0 Å². The minimum absolute atomic E-state index is 0.0487. The van der Waals surface area contributed by atoms with Gasteiger partial charge < -0.3 is 10.0 Å². The highest BCUT2D eigenvalue weighted by molar-refractivity contribution is 8.01. The standard InChI is InChI=1S/C13H11NO6S2/c15-10-6-11-14(10)7-9(12(16)17)13(21-11)20-22(18,19)8-4-2-1-3-5-8/h1-5,7,11,13H,6H2,(H,16,17)/t11-,13?/m1/s1. The second-order valence-corrected chi connectivity index (χ2v) is 7.50. The van der Waals surface area contributed by atoms with Crippen LogP contribution in [0.5, 0.6) is 0 Å². The fraction of sp³-hybridized carbons (Fsp3) is 0.231. The highest BCUT2D eigenvalue weighted by Crippen LogP contribution is 2.41. The molecule has 0 radical (unpaired) electrons. The van der Waals surface area contributed by atoms with Gasteiger partial charge in [0.2, 0.25) is 5.91 Å². The zero-order valence-corrected chi connectivity index (χ0v) is 12.7. The van der Waals surface area contributed by atoms with Gasteiger partial charge in [0.25, 0.3) is 10.1 Å². The summed E-state index contributed by atoms with van der Waals surface area (Å²) in [5.74, 6) is -1.51. The summed E-state index contributed by atoms with van der Waals surface area (Å²) in [4.78, 5) is 23.9. The van der Waals surface area contributed by atoms with Crippen molar-refractivity contribution in [2.24, 2.45) is 0 Å². The van der Waals surface area contributed by atoms with E-state index in [1.165, 1.54) is 17.0 Å². The summed E-state index contributed by atoms with van der Waals surface area (Å²) in [5.41, 5.74) is -1.45. The molecule has 0 saturated carbocycles. The van der Waals surface area contributed by atoms with E-state index in [2.05, 4.69) is 0 Å². The zero-order chi connectivity index (χ0) is 15.9. The molecule has 1 N–H and O–H groups in total. The van der Waals surface area contributed by atoms with Crippen LogP contribution in [0.1, 0.15) is 6.42 Å². The second-order valence-electron chi connectivity index (χ2n) is 4.68. The van der Waals surface area contributed by atoms with Crippen molar-refractivity contribution in [3.8, 4) is 0 Å². The molecule has 22 heavy (non-hydrogen) atoms. The summed E-state index contributed by atoms with van der Waals surface area (Å²) >= 11 is 0.998. The largest absolute Gasteiger partial charge is 0.478 e. The predicted molar refractivity (Wildman–Crippen MR) is 77.1 cm³/mol. The Morgan fingerprint density at radius 1 is 1.32 bits per heavy atom. The molecule has 1 fully saturated rings. The van der Waals surface area contributed by atoms with E-state index in [-0.39, 0.29) is 28.2 Å². The van der Waals surface area contributed by atoms with Crippen LogP contribution in [0, 0.1) is 0 Å². The number of hydrogen-bond acceptors (Lipinski definition) is 6. The maximum absolute atomic E-state index is 12.2. The van der Waals surface area contributed by atoms with Crippen molar-refractivity contribution >= 4 is 33.8 Å². The lowest BCUT2D eigenvalue weighted by molar-refractivity contribution is -0.138. The Kier molecular flexibility index (Phi) is 3.71. The Balaban J connectivity index is 1.88. The van der Waals surface area contributed by atoms with Gasteiger partial charge in [-0.05, 0) is 12.1 Å². The lowest BCUT2D eigenvalue weighted by Crippen LogP contribution is -2.51. The molecule has 116 valence electrons. The SMILES string of the molecule is O=C(O)C1=CN2C(=O)C[C@H]2SC1OS(=O)(=O)c1ccccc1. The molecule has 2 heterocycles. The molecule has 1 unspecified atom stereocenters. The van der Waals surface area contributed by atoms with Crippen molar-refractivity contribution in [1.82, 2.24) is 4.90 Å².